The van der Waals surface area contributed by atoms with E-state index in [1.165, 1.54) is 5.56 Å². The Morgan fingerprint density at radius 3 is 3.08 bits per heavy atom. The number of pyridine rings is 1. The maximum Gasteiger partial charge on any atom is 0.323 e. The minimum absolute atomic E-state index is 0.106. The van der Waals surface area contributed by atoms with Gasteiger partial charge < -0.3 is 14.8 Å². The normalized spacial score (nSPS) is 20.1. The van der Waals surface area contributed by atoms with Gasteiger partial charge in [-0.05, 0) is 42.5 Å². The van der Waals surface area contributed by atoms with Gasteiger partial charge in [-0.25, -0.2) is 4.98 Å². The zero-order chi connectivity index (χ0) is 17.1. The monoisotopic (exact) mass is 326 g/mol. The molecule has 0 amide bonds. The molecule has 0 radical (unpaired) electrons. The predicted molar refractivity (Wildman–Crippen MR) is 94.0 cm³/mol. The van der Waals surface area contributed by atoms with Crippen molar-refractivity contribution in [3.8, 4) is 5.88 Å². The molecule has 0 bridgehead atoms. The molecule has 2 atom stereocenters. The zero-order valence-corrected chi connectivity index (χ0v) is 14.0. The summed E-state index contributed by atoms with van der Waals surface area (Å²) >= 11 is 0. The van der Waals surface area contributed by atoms with Crippen LogP contribution in [0.25, 0.3) is 16.8 Å². The minimum Gasteiger partial charge on any atom is -0.472 e. The van der Waals surface area contributed by atoms with Gasteiger partial charge in [0.15, 0.2) is 0 Å². The van der Waals surface area contributed by atoms with Gasteiger partial charge in [-0.15, -0.1) is 0 Å². The molecule has 5 nitrogen and oxygen atoms in total. The van der Waals surface area contributed by atoms with Crippen molar-refractivity contribution in [2.45, 2.75) is 32.4 Å². The summed E-state index contributed by atoms with van der Waals surface area (Å²) in [5, 5.41) is 5.18. The molecule has 24 heavy (non-hydrogen) atoms. The number of nitrogens with zero attached hydrogens (tertiary/aromatic N) is 1. The largest absolute Gasteiger partial charge is 0.472 e. The number of carbonyl (C=O) groups is 1. The summed E-state index contributed by atoms with van der Waals surface area (Å²) in [7, 11) is 0. The summed E-state index contributed by atoms with van der Waals surface area (Å²) in [4.78, 5) is 16.2. The number of esters is 1. The van der Waals surface area contributed by atoms with E-state index in [1.807, 2.05) is 18.2 Å². The van der Waals surface area contributed by atoms with Crippen molar-refractivity contribution in [3.05, 3.63) is 42.1 Å². The molecule has 0 aliphatic carbocycles. The van der Waals surface area contributed by atoms with Crippen LogP contribution in [0, 0.1) is 6.92 Å². The third-order valence-electron chi connectivity index (χ3n) is 4.27. The van der Waals surface area contributed by atoms with Gasteiger partial charge in [0, 0.05) is 24.5 Å². The van der Waals surface area contributed by atoms with Crippen LogP contribution in [0.3, 0.4) is 0 Å². The molecule has 1 aromatic carbocycles. The lowest BCUT2D eigenvalue weighted by atomic mass is 10.0. The number of ether oxygens (including phenoxy) is 2. The Morgan fingerprint density at radius 2 is 2.33 bits per heavy atom. The van der Waals surface area contributed by atoms with Crippen LogP contribution >= 0.6 is 0 Å². The first-order valence-electron chi connectivity index (χ1n) is 8.20. The third kappa shape index (κ3) is 3.26. The van der Waals surface area contributed by atoms with Gasteiger partial charge in [0.1, 0.15) is 12.1 Å². The lowest BCUT2D eigenvalue weighted by molar-refractivity contribution is -0.145. The van der Waals surface area contributed by atoms with Crippen LogP contribution in [0.2, 0.25) is 0 Å². The number of nitrogens with one attached hydrogen (secondary N) is 1. The first kappa shape index (κ1) is 16.5. The highest BCUT2D eigenvalue weighted by atomic mass is 16.5. The first-order chi connectivity index (χ1) is 11.6. The standard InChI is InChI=1S/C19H22N2O3/c1-4-13-9-16-14(8-12(13)3)6-7-20-18(16)24-15-10-17(21-11-15)19(22)23-5-2/h4,6-9,15,17,21H,1,5,10-11H2,2-3H3/t15-,17+/m1/s1. The number of hydrogen-bond acceptors (Lipinski definition) is 5. The molecular formula is C19H22N2O3. The Balaban J connectivity index is 1.81. The van der Waals surface area contributed by atoms with Crippen LogP contribution in [-0.4, -0.2) is 36.3 Å². The lowest BCUT2D eigenvalue weighted by Gasteiger charge is -2.14. The topological polar surface area (TPSA) is 60.5 Å². The summed E-state index contributed by atoms with van der Waals surface area (Å²) < 4.78 is 11.1. The second-order valence-corrected chi connectivity index (χ2v) is 5.94. The fourth-order valence-corrected chi connectivity index (χ4v) is 3.01. The Morgan fingerprint density at radius 1 is 1.50 bits per heavy atom. The van der Waals surface area contributed by atoms with E-state index >= 15 is 0 Å². The molecule has 0 unspecified atom stereocenters. The molecule has 3 rings (SSSR count). The molecule has 1 aliphatic rings. The Labute approximate surface area is 141 Å². The van der Waals surface area contributed by atoms with E-state index in [1.54, 1.807) is 13.1 Å². The highest BCUT2D eigenvalue weighted by Crippen LogP contribution is 2.28. The fraction of sp³-hybridized carbons (Fsp3) is 0.368. The van der Waals surface area contributed by atoms with Crippen molar-refractivity contribution in [2.24, 2.45) is 0 Å². The van der Waals surface area contributed by atoms with Crippen molar-refractivity contribution in [1.82, 2.24) is 10.3 Å². The van der Waals surface area contributed by atoms with Crippen LogP contribution in [0.4, 0.5) is 0 Å². The average Bonchev–Trinajstić information content (AvgIpc) is 3.03. The number of aryl methyl sites for hydroxylation is 1. The summed E-state index contributed by atoms with van der Waals surface area (Å²) in [6.07, 6.45) is 4.05. The highest BCUT2D eigenvalue weighted by molar-refractivity contribution is 5.89. The van der Waals surface area contributed by atoms with Gasteiger partial charge >= 0.3 is 5.97 Å². The second kappa shape index (κ2) is 7.01. The van der Waals surface area contributed by atoms with E-state index in [-0.39, 0.29) is 18.1 Å². The zero-order valence-electron chi connectivity index (χ0n) is 14.0. The SMILES string of the molecule is C=Cc1cc2c(O[C@H]3CN[C@H](C(=O)OCC)C3)nccc2cc1C. The predicted octanol–water partition coefficient (Wildman–Crippen LogP) is 2.86. The van der Waals surface area contributed by atoms with Gasteiger partial charge in [0.2, 0.25) is 5.88 Å². The van der Waals surface area contributed by atoms with Gasteiger partial charge in [0.05, 0.1) is 6.61 Å². The molecule has 1 saturated heterocycles. The Kier molecular flexibility index (Phi) is 4.81. The molecule has 1 aliphatic heterocycles. The molecule has 0 saturated carbocycles. The number of fused-ring (bicyclic) bond motifs is 1. The summed E-state index contributed by atoms with van der Waals surface area (Å²) in [6.45, 7) is 8.70. The molecule has 1 fully saturated rings. The van der Waals surface area contributed by atoms with Gasteiger partial charge in [-0.3, -0.25) is 4.79 Å². The maximum atomic E-state index is 11.8. The number of aromatic nitrogens is 1. The van der Waals surface area contributed by atoms with E-state index in [2.05, 4.69) is 29.9 Å². The highest BCUT2D eigenvalue weighted by Gasteiger charge is 2.32. The molecule has 5 heteroatoms. The molecule has 2 aromatic rings. The van der Waals surface area contributed by atoms with Crippen LogP contribution in [0.1, 0.15) is 24.5 Å². The molecule has 2 heterocycles. The summed E-state index contributed by atoms with van der Waals surface area (Å²) in [5.41, 5.74) is 2.23. The fourth-order valence-electron chi connectivity index (χ4n) is 3.01. The van der Waals surface area contributed by atoms with E-state index in [0.29, 0.717) is 25.5 Å². The Hall–Kier alpha value is -2.40. The van der Waals surface area contributed by atoms with Crippen molar-refractivity contribution >= 4 is 22.8 Å². The average molecular weight is 326 g/mol. The van der Waals surface area contributed by atoms with Crippen molar-refractivity contribution < 1.29 is 14.3 Å². The van der Waals surface area contributed by atoms with Crippen molar-refractivity contribution in [3.63, 3.8) is 0 Å². The van der Waals surface area contributed by atoms with E-state index in [0.717, 1.165) is 16.3 Å². The van der Waals surface area contributed by atoms with Crippen LogP contribution in [0.5, 0.6) is 5.88 Å². The molecule has 0 spiro atoms. The van der Waals surface area contributed by atoms with Crippen molar-refractivity contribution in [1.29, 1.82) is 0 Å². The molecule has 126 valence electrons. The van der Waals surface area contributed by atoms with Crippen LogP contribution < -0.4 is 10.1 Å². The summed E-state index contributed by atoms with van der Waals surface area (Å²) in [5.74, 6) is 0.367. The van der Waals surface area contributed by atoms with E-state index in [4.69, 9.17) is 9.47 Å². The molecular weight excluding hydrogens is 304 g/mol. The number of rotatable bonds is 5. The number of hydrogen-bond donors (Lipinski definition) is 1. The van der Waals surface area contributed by atoms with E-state index < -0.39 is 0 Å². The Bertz CT molecular complexity index is 773. The van der Waals surface area contributed by atoms with Crippen LogP contribution in [-0.2, 0) is 9.53 Å². The lowest BCUT2D eigenvalue weighted by Crippen LogP contribution is -2.32. The smallest absolute Gasteiger partial charge is 0.323 e. The van der Waals surface area contributed by atoms with Crippen LogP contribution in [0.15, 0.2) is 31.0 Å². The van der Waals surface area contributed by atoms with E-state index in [9.17, 15) is 4.79 Å². The van der Waals surface area contributed by atoms with Crippen molar-refractivity contribution in [2.75, 3.05) is 13.2 Å². The van der Waals surface area contributed by atoms with Gasteiger partial charge in [0.25, 0.3) is 0 Å². The van der Waals surface area contributed by atoms with Gasteiger partial charge in [-0.1, -0.05) is 18.7 Å². The third-order valence-corrected chi connectivity index (χ3v) is 4.27. The minimum atomic E-state index is -0.309. The maximum absolute atomic E-state index is 11.8. The first-order valence-corrected chi connectivity index (χ1v) is 8.20. The number of carbonyl (C=O) groups excluding carboxylic acids is 1. The molecule has 1 aromatic heterocycles. The number of benzene rings is 1. The van der Waals surface area contributed by atoms with Gasteiger partial charge in [-0.2, -0.15) is 0 Å². The second-order valence-electron chi connectivity index (χ2n) is 5.94. The quantitative estimate of drug-likeness (QED) is 0.856. The molecule has 1 N–H and O–H groups in total. The summed E-state index contributed by atoms with van der Waals surface area (Å²) in [6, 6.07) is 5.81.